The van der Waals surface area contributed by atoms with Crippen molar-refractivity contribution >= 4 is 10.0 Å². The lowest BCUT2D eigenvalue weighted by Crippen LogP contribution is -2.40. The number of nitrogens with zero attached hydrogens (tertiary/aromatic N) is 2. The van der Waals surface area contributed by atoms with Crippen LogP contribution in [0.4, 0.5) is 0 Å². The van der Waals surface area contributed by atoms with Gasteiger partial charge in [-0.2, -0.15) is 0 Å². The van der Waals surface area contributed by atoms with Gasteiger partial charge in [0.05, 0.1) is 0 Å². The standard InChI is InChI=1S/C11H22N4O2S/c1-5-15-7-11(14-9(15)4)18(16,17)13-6-10(12)8(2)3/h7-8,10,13H,5-6,12H2,1-4H3. The molecule has 1 heterocycles. The zero-order valence-corrected chi connectivity index (χ0v) is 12.2. The van der Waals surface area contributed by atoms with Crippen LogP contribution in [0.2, 0.25) is 0 Å². The highest BCUT2D eigenvalue weighted by Gasteiger charge is 2.20. The SMILES string of the molecule is CCn1cc(S(=O)(=O)NCC(N)C(C)C)nc1C. The van der Waals surface area contributed by atoms with Crippen LogP contribution < -0.4 is 10.5 Å². The summed E-state index contributed by atoms with van der Waals surface area (Å²) in [5, 5.41) is 0.0535. The molecule has 1 rings (SSSR count). The first-order valence-electron chi connectivity index (χ1n) is 6.07. The average Bonchev–Trinajstić information content (AvgIpc) is 2.68. The van der Waals surface area contributed by atoms with Gasteiger partial charge < -0.3 is 10.3 Å². The molecule has 7 heteroatoms. The monoisotopic (exact) mass is 274 g/mol. The Morgan fingerprint density at radius 1 is 1.50 bits per heavy atom. The zero-order valence-electron chi connectivity index (χ0n) is 11.3. The highest BCUT2D eigenvalue weighted by atomic mass is 32.2. The minimum absolute atomic E-state index is 0.0535. The third kappa shape index (κ3) is 3.54. The number of sulfonamides is 1. The van der Waals surface area contributed by atoms with Crippen LogP contribution in [0, 0.1) is 12.8 Å². The van der Waals surface area contributed by atoms with E-state index in [-0.39, 0.29) is 23.5 Å². The second-order valence-corrected chi connectivity index (χ2v) is 6.39. The van der Waals surface area contributed by atoms with E-state index in [1.54, 1.807) is 17.7 Å². The molecule has 0 saturated heterocycles. The van der Waals surface area contributed by atoms with Crippen molar-refractivity contribution in [1.29, 1.82) is 0 Å². The molecule has 0 amide bonds. The van der Waals surface area contributed by atoms with Crippen molar-refractivity contribution in [2.45, 2.75) is 45.3 Å². The fourth-order valence-corrected chi connectivity index (χ4v) is 2.52. The molecule has 6 nitrogen and oxygen atoms in total. The molecule has 1 unspecified atom stereocenters. The van der Waals surface area contributed by atoms with Gasteiger partial charge in [-0.05, 0) is 19.8 Å². The number of aryl methyl sites for hydroxylation is 2. The normalized spacial score (nSPS) is 14.1. The van der Waals surface area contributed by atoms with E-state index < -0.39 is 10.0 Å². The molecule has 3 N–H and O–H groups in total. The largest absolute Gasteiger partial charge is 0.334 e. The summed E-state index contributed by atoms with van der Waals surface area (Å²) >= 11 is 0. The third-order valence-corrected chi connectivity index (χ3v) is 4.23. The fraction of sp³-hybridized carbons (Fsp3) is 0.727. The van der Waals surface area contributed by atoms with Crippen molar-refractivity contribution in [3.05, 3.63) is 12.0 Å². The molecule has 0 aliphatic rings. The van der Waals surface area contributed by atoms with Crippen molar-refractivity contribution in [3.63, 3.8) is 0 Å². The van der Waals surface area contributed by atoms with E-state index in [0.29, 0.717) is 12.4 Å². The maximum atomic E-state index is 12.0. The summed E-state index contributed by atoms with van der Waals surface area (Å²) < 4.78 is 28.3. The molecular formula is C11H22N4O2S. The topological polar surface area (TPSA) is 90.0 Å². The molecule has 0 radical (unpaired) electrons. The quantitative estimate of drug-likeness (QED) is 0.789. The third-order valence-electron chi connectivity index (χ3n) is 2.94. The van der Waals surface area contributed by atoms with E-state index in [9.17, 15) is 8.42 Å². The van der Waals surface area contributed by atoms with Gasteiger partial charge in [-0.1, -0.05) is 13.8 Å². The van der Waals surface area contributed by atoms with E-state index >= 15 is 0 Å². The number of hydrogen-bond donors (Lipinski definition) is 2. The lowest BCUT2D eigenvalue weighted by Gasteiger charge is -2.15. The number of hydrogen-bond acceptors (Lipinski definition) is 4. The van der Waals surface area contributed by atoms with Gasteiger partial charge in [0, 0.05) is 25.3 Å². The average molecular weight is 274 g/mol. The van der Waals surface area contributed by atoms with Crippen molar-refractivity contribution < 1.29 is 8.42 Å². The van der Waals surface area contributed by atoms with Crippen LogP contribution >= 0.6 is 0 Å². The Morgan fingerprint density at radius 3 is 2.56 bits per heavy atom. The van der Waals surface area contributed by atoms with Crippen LogP contribution in [0.15, 0.2) is 11.2 Å². The van der Waals surface area contributed by atoms with E-state index in [1.807, 2.05) is 20.8 Å². The van der Waals surface area contributed by atoms with Crippen LogP contribution in [0.5, 0.6) is 0 Å². The van der Waals surface area contributed by atoms with Crippen molar-refractivity contribution in [3.8, 4) is 0 Å². The van der Waals surface area contributed by atoms with Crippen LogP contribution in [-0.2, 0) is 16.6 Å². The second kappa shape index (κ2) is 5.81. The summed E-state index contributed by atoms with van der Waals surface area (Å²) in [5.41, 5.74) is 5.81. The molecule has 104 valence electrons. The van der Waals surface area contributed by atoms with Gasteiger partial charge in [0.1, 0.15) is 5.82 Å². The highest BCUT2D eigenvalue weighted by Crippen LogP contribution is 2.09. The van der Waals surface area contributed by atoms with Crippen LogP contribution in [0.1, 0.15) is 26.6 Å². The molecule has 0 aromatic carbocycles. The number of aromatic nitrogens is 2. The summed E-state index contributed by atoms with van der Waals surface area (Å²) in [6, 6.07) is -0.200. The maximum Gasteiger partial charge on any atom is 0.259 e. The molecule has 0 bridgehead atoms. The smallest absolute Gasteiger partial charge is 0.259 e. The molecule has 1 aromatic heterocycles. The van der Waals surface area contributed by atoms with Crippen molar-refractivity contribution in [2.75, 3.05) is 6.54 Å². The van der Waals surface area contributed by atoms with Gasteiger partial charge in [-0.3, -0.25) is 0 Å². The first kappa shape index (κ1) is 15.1. The summed E-state index contributed by atoms with van der Waals surface area (Å²) in [6.45, 7) is 8.54. The van der Waals surface area contributed by atoms with Crippen LogP contribution in [0.25, 0.3) is 0 Å². The predicted octanol–water partition coefficient (Wildman–Crippen LogP) is 0.473. The van der Waals surface area contributed by atoms with Crippen LogP contribution in [-0.4, -0.2) is 30.6 Å². The minimum Gasteiger partial charge on any atom is -0.334 e. The van der Waals surface area contributed by atoms with Crippen molar-refractivity contribution in [1.82, 2.24) is 14.3 Å². The Hall–Kier alpha value is -0.920. The Balaban J connectivity index is 2.80. The van der Waals surface area contributed by atoms with Gasteiger partial charge in [0.25, 0.3) is 10.0 Å². The fourth-order valence-electron chi connectivity index (χ4n) is 1.44. The number of nitrogens with one attached hydrogen (secondary N) is 1. The first-order chi connectivity index (χ1) is 8.27. The molecule has 0 fully saturated rings. The van der Waals surface area contributed by atoms with E-state index in [4.69, 9.17) is 5.73 Å². The number of rotatable bonds is 6. The number of nitrogens with two attached hydrogens (primary N) is 1. The Labute approximate surface area is 109 Å². The molecule has 1 aromatic rings. The maximum absolute atomic E-state index is 12.0. The molecule has 18 heavy (non-hydrogen) atoms. The molecule has 0 aliphatic carbocycles. The molecule has 1 atom stereocenters. The Bertz CT molecular complexity index is 493. The van der Waals surface area contributed by atoms with Crippen molar-refractivity contribution in [2.24, 2.45) is 11.7 Å². The van der Waals surface area contributed by atoms with Gasteiger partial charge in [0.2, 0.25) is 0 Å². The first-order valence-corrected chi connectivity index (χ1v) is 7.55. The van der Waals surface area contributed by atoms with Gasteiger partial charge in [-0.15, -0.1) is 0 Å². The lowest BCUT2D eigenvalue weighted by atomic mass is 10.1. The van der Waals surface area contributed by atoms with E-state index in [1.165, 1.54) is 0 Å². The van der Waals surface area contributed by atoms with Gasteiger partial charge >= 0.3 is 0 Å². The summed E-state index contributed by atoms with van der Waals surface area (Å²) in [5.74, 6) is 0.911. The molecule has 0 saturated carbocycles. The summed E-state index contributed by atoms with van der Waals surface area (Å²) in [6.07, 6.45) is 1.54. The number of imidazole rings is 1. The highest BCUT2D eigenvalue weighted by molar-refractivity contribution is 7.89. The summed E-state index contributed by atoms with van der Waals surface area (Å²) in [7, 11) is -3.56. The van der Waals surface area contributed by atoms with Gasteiger partial charge in [0.15, 0.2) is 5.03 Å². The second-order valence-electron chi connectivity index (χ2n) is 4.67. The minimum atomic E-state index is -3.56. The zero-order chi connectivity index (χ0) is 13.9. The molecule has 0 aliphatic heterocycles. The predicted molar refractivity (Wildman–Crippen MR) is 70.6 cm³/mol. The van der Waals surface area contributed by atoms with Crippen LogP contribution in [0.3, 0.4) is 0 Å². The van der Waals surface area contributed by atoms with E-state index in [2.05, 4.69) is 9.71 Å². The molecular weight excluding hydrogens is 252 g/mol. The Morgan fingerprint density at radius 2 is 2.11 bits per heavy atom. The van der Waals surface area contributed by atoms with Gasteiger partial charge in [-0.25, -0.2) is 18.1 Å². The Kier molecular flexibility index (Phi) is 4.89. The molecule has 0 spiro atoms. The lowest BCUT2D eigenvalue weighted by molar-refractivity contribution is 0.481. The summed E-state index contributed by atoms with van der Waals surface area (Å²) in [4.78, 5) is 4.05. The van der Waals surface area contributed by atoms with E-state index in [0.717, 1.165) is 0 Å².